The molecule has 1 aliphatic heterocycles. The van der Waals surface area contributed by atoms with Crippen molar-refractivity contribution < 1.29 is 24.9 Å². The van der Waals surface area contributed by atoms with Crippen molar-refractivity contribution in [1.82, 2.24) is 4.90 Å². The summed E-state index contributed by atoms with van der Waals surface area (Å²) in [5.41, 5.74) is 0.497. The van der Waals surface area contributed by atoms with Gasteiger partial charge < -0.3 is 15.3 Å². The molecule has 3 N–H and O–H groups in total. The van der Waals surface area contributed by atoms with Crippen LogP contribution in [-0.4, -0.2) is 42.5 Å². The Kier molecular flexibility index (Phi) is 4.96. The van der Waals surface area contributed by atoms with E-state index in [9.17, 15) is 24.9 Å². The van der Waals surface area contributed by atoms with Crippen molar-refractivity contribution >= 4 is 46.3 Å². The quantitative estimate of drug-likeness (QED) is 0.434. The van der Waals surface area contributed by atoms with Crippen molar-refractivity contribution in [1.29, 1.82) is 0 Å². The maximum Gasteiger partial charge on any atom is 0.327 e. The number of amides is 1. The van der Waals surface area contributed by atoms with Crippen LogP contribution in [0.2, 0.25) is 0 Å². The molecule has 1 fully saturated rings. The second kappa shape index (κ2) is 6.59. The summed E-state index contributed by atoms with van der Waals surface area (Å²) in [5.74, 6) is -2.46. The Morgan fingerprint density at radius 1 is 1.30 bits per heavy atom. The summed E-state index contributed by atoms with van der Waals surface area (Å²) in [7, 11) is 0. The first-order valence-corrected chi connectivity index (χ1v) is 7.96. The Balaban J connectivity index is 2.35. The van der Waals surface area contributed by atoms with Crippen molar-refractivity contribution in [3.8, 4) is 11.5 Å². The highest BCUT2D eigenvalue weighted by Gasteiger charge is 2.41. The molecular weight excluding hydrogens is 338 g/mol. The summed E-state index contributed by atoms with van der Waals surface area (Å²) < 4.78 is 0.186. The monoisotopic (exact) mass is 353 g/mol. The van der Waals surface area contributed by atoms with Gasteiger partial charge in [-0.1, -0.05) is 43.9 Å². The summed E-state index contributed by atoms with van der Waals surface area (Å²) in [6, 6.07) is 3.11. The van der Waals surface area contributed by atoms with Gasteiger partial charge in [0.2, 0.25) is 0 Å². The topological polar surface area (TPSA) is 98.1 Å². The third kappa shape index (κ3) is 3.48. The second-order valence-corrected chi connectivity index (χ2v) is 7.00. The van der Waals surface area contributed by atoms with E-state index in [0.717, 1.165) is 16.7 Å². The Hall–Kier alpha value is -2.06. The van der Waals surface area contributed by atoms with Crippen molar-refractivity contribution in [2.45, 2.75) is 19.9 Å². The number of phenols is 2. The summed E-state index contributed by atoms with van der Waals surface area (Å²) in [6.45, 7) is 3.41. The molecular formula is C15H15NO5S2. The van der Waals surface area contributed by atoms with Crippen LogP contribution in [0, 0.1) is 5.92 Å². The Labute approximate surface area is 142 Å². The lowest BCUT2D eigenvalue weighted by atomic mass is 10.0. The van der Waals surface area contributed by atoms with Gasteiger partial charge in [-0.2, -0.15) is 0 Å². The Morgan fingerprint density at radius 3 is 2.48 bits per heavy atom. The van der Waals surface area contributed by atoms with Crippen molar-refractivity contribution in [2.24, 2.45) is 5.92 Å². The number of aromatic hydroxyl groups is 2. The van der Waals surface area contributed by atoms with Gasteiger partial charge in [-0.15, -0.1) is 0 Å². The average molecular weight is 353 g/mol. The normalized spacial score (nSPS) is 18.0. The smallest absolute Gasteiger partial charge is 0.327 e. The molecule has 0 bridgehead atoms. The molecule has 0 saturated carbocycles. The summed E-state index contributed by atoms with van der Waals surface area (Å²) in [5, 5.41) is 28.1. The van der Waals surface area contributed by atoms with Gasteiger partial charge in [0.05, 0.1) is 4.91 Å². The van der Waals surface area contributed by atoms with E-state index < -0.39 is 17.9 Å². The first-order valence-electron chi connectivity index (χ1n) is 6.74. The largest absolute Gasteiger partial charge is 0.504 e. The van der Waals surface area contributed by atoms with Crippen LogP contribution in [0.1, 0.15) is 19.4 Å². The van der Waals surface area contributed by atoms with E-state index >= 15 is 0 Å². The Morgan fingerprint density at radius 2 is 1.96 bits per heavy atom. The molecule has 1 amide bonds. The van der Waals surface area contributed by atoms with Gasteiger partial charge in [0.25, 0.3) is 5.91 Å². The standard InChI is InChI=1S/C15H15NO5S2/c1-7(2)12(14(20)21)16-13(19)11(23-15(16)22)6-8-3-4-9(17)10(18)5-8/h3-7,12,17-18H,1-2H3,(H,20,21)/b11-6+. The lowest BCUT2D eigenvalue weighted by molar-refractivity contribution is -0.146. The number of phenolic OH excluding ortho intramolecular Hbond substituents is 2. The van der Waals surface area contributed by atoms with E-state index in [1.165, 1.54) is 24.3 Å². The number of nitrogens with zero attached hydrogens (tertiary/aromatic N) is 1. The maximum absolute atomic E-state index is 12.5. The van der Waals surface area contributed by atoms with Gasteiger partial charge in [0.1, 0.15) is 10.4 Å². The molecule has 6 nitrogen and oxygen atoms in total. The van der Waals surface area contributed by atoms with E-state index in [4.69, 9.17) is 12.2 Å². The highest BCUT2D eigenvalue weighted by Crippen LogP contribution is 2.36. The van der Waals surface area contributed by atoms with E-state index in [2.05, 4.69) is 0 Å². The highest BCUT2D eigenvalue weighted by molar-refractivity contribution is 8.26. The summed E-state index contributed by atoms with van der Waals surface area (Å²) >= 11 is 6.16. The number of carboxylic acids is 1. The number of thioether (sulfide) groups is 1. The lowest BCUT2D eigenvalue weighted by Gasteiger charge is -2.26. The minimum absolute atomic E-state index is 0.186. The summed E-state index contributed by atoms with van der Waals surface area (Å²) in [6.07, 6.45) is 1.50. The minimum Gasteiger partial charge on any atom is -0.504 e. The van der Waals surface area contributed by atoms with E-state index in [0.29, 0.717) is 5.56 Å². The maximum atomic E-state index is 12.5. The van der Waals surface area contributed by atoms with E-state index in [1.54, 1.807) is 13.8 Å². The van der Waals surface area contributed by atoms with Crippen LogP contribution < -0.4 is 0 Å². The van der Waals surface area contributed by atoms with Crippen molar-refractivity contribution in [2.75, 3.05) is 0 Å². The van der Waals surface area contributed by atoms with Gasteiger partial charge >= 0.3 is 5.97 Å². The van der Waals surface area contributed by atoms with Crippen LogP contribution in [0.5, 0.6) is 11.5 Å². The van der Waals surface area contributed by atoms with Crippen LogP contribution in [0.4, 0.5) is 0 Å². The molecule has 1 atom stereocenters. The third-order valence-corrected chi connectivity index (χ3v) is 4.61. The molecule has 1 heterocycles. The number of carboxylic acid groups (broad SMARTS) is 1. The zero-order valence-corrected chi connectivity index (χ0v) is 14.0. The predicted octanol–water partition coefficient (Wildman–Crippen LogP) is 2.41. The van der Waals surface area contributed by atoms with Crippen molar-refractivity contribution in [3.63, 3.8) is 0 Å². The van der Waals surface area contributed by atoms with Crippen LogP contribution in [0.3, 0.4) is 0 Å². The number of carbonyl (C=O) groups is 2. The molecule has 0 aliphatic carbocycles. The number of rotatable bonds is 4. The molecule has 0 radical (unpaired) electrons. The third-order valence-electron chi connectivity index (χ3n) is 3.28. The van der Waals surface area contributed by atoms with Gasteiger partial charge in [0, 0.05) is 0 Å². The minimum atomic E-state index is -1.11. The second-order valence-electron chi connectivity index (χ2n) is 5.33. The van der Waals surface area contributed by atoms with E-state index in [-0.39, 0.29) is 26.6 Å². The fourth-order valence-corrected chi connectivity index (χ4v) is 3.52. The molecule has 122 valence electrons. The fourth-order valence-electron chi connectivity index (χ4n) is 2.19. The molecule has 1 aliphatic rings. The molecule has 1 saturated heterocycles. The molecule has 0 aromatic heterocycles. The highest BCUT2D eigenvalue weighted by atomic mass is 32.2. The number of hydrogen-bond donors (Lipinski definition) is 3. The van der Waals surface area contributed by atoms with Crippen molar-refractivity contribution in [3.05, 3.63) is 28.7 Å². The molecule has 8 heteroatoms. The van der Waals surface area contributed by atoms with Crippen LogP contribution in [0.15, 0.2) is 23.1 Å². The van der Waals surface area contributed by atoms with Crippen LogP contribution in [0.25, 0.3) is 6.08 Å². The van der Waals surface area contributed by atoms with Crippen LogP contribution in [-0.2, 0) is 9.59 Å². The molecule has 2 rings (SSSR count). The van der Waals surface area contributed by atoms with Crippen LogP contribution >= 0.6 is 24.0 Å². The van der Waals surface area contributed by atoms with Gasteiger partial charge in [-0.05, 0) is 29.7 Å². The fraction of sp³-hybridized carbons (Fsp3) is 0.267. The van der Waals surface area contributed by atoms with Gasteiger partial charge in [0.15, 0.2) is 11.5 Å². The first kappa shape index (κ1) is 17.3. The Bertz CT molecular complexity index is 714. The zero-order chi connectivity index (χ0) is 17.3. The zero-order valence-electron chi connectivity index (χ0n) is 12.4. The summed E-state index contributed by atoms with van der Waals surface area (Å²) in [4.78, 5) is 25.3. The SMILES string of the molecule is CC(C)C(C(=O)O)N1C(=O)/C(=C\c2ccc(O)c(O)c2)SC1=S. The number of aliphatic carboxylic acids is 1. The molecule has 0 spiro atoms. The number of carbonyl (C=O) groups excluding carboxylic acids is 1. The molecule has 1 aromatic rings. The molecule has 1 unspecified atom stereocenters. The number of benzene rings is 1. The van der Waals surface area contributed by atoms with E-state index in [1.807, 2.05) is 0 Å². The lowest BCUT2D eigenvalue weighted by Crippen LogP contribution is -2.47. The average Bonchev–Trinajstić information content (AvgIpc) is 2.70. The predicted molar refractivity (Wildman–Crippen MR) is 91.0 cm³/mol. The number of hydrogen-bond acceptors (Lipinski definition) is 6. The molecule has 1 aromatic carbocycles. The first-order chi connectivity index (χ1) is 10.7. The number of thiocarbonyl (C=S) groups is 1. The van der Waals surface area contributed by atoms with Gasteiger partial charge in [-0.25, -0.2) is 4.79 Å². The van der Waals surface area contributed by atoms with Gasteiger partial charge in [-0.3, -0.25) is 9.69 Å². The molecule has 23 heavy (non-hydrogen) atoms.